The molecule has 2 heterocycles. The van der Waals surface area contributed by atoms with E-state index in [9.17, 15) is 4.79 Å². The third-order valence-electron chi connectivity index (χ3n) is 4.86. The maximum absolute atomic E-state index is 12.5. The quantitative estimate of drug-likeness (QED) is 0.645. The highest BCUT2D eigenvalue weighted by Gasteiger charge is 2.27. The second kappa shape index (κ2) is 7.60. The normalized spacial score (nSPS) is 13.2. The number of benzene rings is 2. The molecule has 6 heteroatoms. The minimum atomic E-state index is 0.00596. The fraction of sp³-hybridized carbons (Fsp3) is 0.227. The minimum absolute atomic E-state index is 0.00596. The molecule has 28 heavy (non-hydrogen) atoms. The van der Waals surface area contributed by atoms with E-state index in [4.69, 9.17) is 21.6 Å². The van der Waals surface area contributed by atoms with E-state index in [1.807, 2.05) is 59.5 Å². The van der Waals surface area contributed by atoms with Gasteiger partial charge in [-0.05, 0) is 24.3 Å². The molecule has 2 amide bonds. The van der Waals surface area contributed by atoms with Gasteiger partial charge < -0.3 is 9.80 Å². The monoisotopic (exact) mass is 392 g/mol. The van der Waals surface area contributed by atoms with Crippen molar-refractivity contribution in [1.82, 2.24) is 19.8 Å². The van der Waals surface area contributed by atoms with Gasteiger partial charge in [-0.15, -0.1) is 0 Å². The highest BCUT2D eigenvalue weighted by Crippen LogP contribution is 2.31. The number of urea groups is 1. The number of aromatic nitrogens is 2. The summed E-state index contributed by atoms with van der Waals surface area (Å²) in [6.07, 6.45) is 0.706. The van der Waals surface area contributed by atoms with Crippen molar-refractivity contribution in [3.8, 4) is 22.6 Å². The molecule has 0 N–H and O–H groups in total. The lowest BCUT2D eigenvalue weighted by Crippen LogP contribution is -2.42. The number of carbonyl (C=O) groups is 1. The summed E-state index contributed by atoms with van der Waals surface area (Å²) in [4.78, 5) is 25.7. The van der Waals surface area contributed by atoms with E-state index >= 15 is 0 Å². The summed E-state index contributed by atoms with van der Waals surface area (Å²) in [5.41, 5.74) is 4.85. The Hall–Kier alpha value is -2.92. The Bertz CT molecular complexity index is 1000. The molecular weight excluding hydrogens is 372 g/mol. The van der Waals surface area contributed by atoms with Gasteiger partial charge in [-0.2, -0.15) is 0 Å². The van der Waals surface area contributed by atoms with Crippen LogP contribution in [0.15, 0.2) is 54.6 Å². The molecule has 5 nitrogen and oxygen atoms in total. The number of halogens is 1. The number of amides is 2. The smallest absolute Gasteiger partial charge is 0.319 e. The molecule has 0 unspecified atom stereocenters. The molecular formula is C22H21ClN4O. The zero-order chi connectivity index (χ0) is 19.7. The Morgan fingerprint density at radius 3 is 2.39 bits per heavy atom. The molecule has 2 aromatic carbocycles. The zero-order valence-electron chi connectivity index (χ0n) is 15.9. The zero-order valence-corrected chi connectivity index (χ0v) is 16.6. The lowest BCUT2D eigenvalue weighted by molar-refractivity contribution is 0.165. The molecule has 1 aliphatic heterocycles. The van der Waals surface area contributed by atoms with Gasteiger partial charge in [-0.25, -0.2) is 14.8 Å². The van der Waals surface area contributed by atoms with Gasteiger partial charge in [0.25, 0.3) is 0 Å². The number of hydrogen-bond acceptors (Lipinski definition) is 3. The third kappa shape index (κ3) is 3.58. The molecule has 1 aromatic heterocycles. The van der Waals surface area contributed by atoms with Gasteiger partial charge in [-0.3, -0.25) is 0 Å². The third-order valence-corrected chi connectivity index (χ3v) is 5.11. The minimum Gasteiger partial charge on any atom is -0.331 e. The number of rotatable bonds is 2. The van der Waals surface area contributed by atoms with E-state index in [1.165, 1.54) is 0 Å². The Morgan fingerprint density at radius 2 is 1.71 bits per heavy atom. The molecule has 142 valence electrons. The van der Waals surface area contributed by atoms with Crippen molar-refractivity contribution in [2.24, 2.45) is 0 Å². The Kier molecular flexibility index (Phi) is 5.01. The summed E-state index contributed by atoms with van der Waals surface area (Å²) >= 11 is 6.03. The summed E-state index contributed by atoms with van der Waals surface area (Å²) in [5, 5.41) is 0.683. The predicted molar refractivity (Wildman–Crippen MR) is 111 cm³/mol. The highest BCUT2D eigenvalue weighted by molar-refractivity contribution is 6.30. The summed E-state index contributed by atoms with van der Waals surface area (Å²) < 4.78 is 0. The summed E-state index contributed by atoms with van der Waals surface area (Å²) in [6, 6.07) is 17.6. The second-order valence-corrected chi connectivity index (χ2v) is 7.48. The van der Waals surface area contributed by atoms with Crippen LogP contribution in [0.5, 0.6) is 0 Å². The van der Waals surface area contributed by atoms with Crippen LogP contribution in [-0.2, 0) is 13.0 Å². The SMILES string of the molecule is CN(C)C(=O)N1CCc2nc(-c3ccc(Cl)cc3)nc(-c3ccccc3)c2C1. The van der Waals surface area contributed by atoms with Crippen molar-refractivity contribution in [2.45, 2.75) is 13.0 Å². The average Bonchev–Trinajstić information content (AvgIpc) is 2.73. The lowest BCUT2D eigenvalue weighted by Gasteiger charge is -2.31. The van der Waals surface area contributed by atoms with E-state index in [0.717, 1.165) is 28.1 Å². The Balaban J connectivity index is 1.83. The summed E-state index contributed by atoms with van der Waals surface area (Å²) in [5.74, 6) is 0.682. The molecule has 1 aliphatic rings. The Morgan fingerprint density at radius 1 is 1.00 bits per heavy atom. The first-order valence-corrected chi connectivity index (χ1v) is 9.58. The predicted octanol–water partition coefficient (Wildman–Crippen LogP) is 4.50. The van der Waals surface area contributed by atoms with Crippen molar-refractivity contribution in [1.29, 1.82) is 0 Å². The van der Waals surface area contributed by atoms with Crippen molar-refractivity contribution in [3.05, 3.63) is 70.9 Å². The van der Waals surface area contributed by atoms with Crippen LogP contribution in [0.2, 0.25) is 5.02 Å². The largest absolute Gasteiger partial charge is 0.331 e. The number of nitrogens with zero attached hydrogens (tertiary/aromatic N) is 4. The van der Waals surface area contributed by atoms with Gasteiger partial charge in [-0.1, -0.05) is 41.9 Å². The summed E-state index contributed by atoms with van der Waals surface area (Å²) in [7, 11) is 3.55. The van der Waals surface area contributed by atoms with E-state index < -0.39 is 0 Å². The molecule has 0 spiro atoms. The fourth-order valence-corrected chi connectivity index (χ4v) is 3.55. The van der Waals surface area contributed by atoms with Crippen LogP contribution in [0.4, 0.5) is 4.79 Å². The van der Waals surface area contributed by atoms with Crippen molar-refractivity contribution in [2.75, 3.05) is 20.6 Å². The van der Waals surface area contributed by atoms with Gasteiger partial charge in [0.2, 0.25) is 0 Å². The maximum Gasteiger partial charge on any atom is 0.319 e. The first-order valence-electron chi connectivity index (χ1n) is 9.20. The topological polar surface area (TPSA) is 49.3 Å². The van der Waals surface area contributed by atoms with Crippen LogP contribution in [0.25, 0.3) is 22.6 Å². The first-order chi connectivity index (χ1) is 13.5. The van der Waals surface area contributed by atoms with Gasteiger partial charge in [0, 0.05) is 48.8 Å². The second-order valence-electron chi connectivity index (χ2n) is 7.04. The van der Waals surface area contributed by atoms with Crippen LogP contribution >= 0.6 is 11.6 Å². The molecule has 4 rings (SSSR count). The van der Waals surface area contributed by atoms with Crippen LogP contribution in [-0.4, -0.2) is 46.4 Å². The van der Waals surface area contributed by atoms with E-state index in [-0.39, 0.29) is 6.03 Å². The summed E-state index contributed by atoms with van der Waals surface area (Å²) in [6.45, 7) is 1.16. The van der Waals surface area contributed by atoms with Gasteiger partial charge in [0.15, 0.2) is 5.82 Å². The van der Waals surface area contributed by atoms with E-state index in [0.29, 0.717) is 30.4 Å². The lowest BCUT2D eigenvalue weighted by atomic mass is 9.98. The molecule has 3 aromatic rings. The van der Waals surface area contributed by atoms with Gasteiger partial charge in [0.05, 0.1) is 17.9 Å². The average molecular weight is 393 g/mol. The molecule has 0 aliphatic carbocycles. The van der Waals surface area contributed by atoms with Crippen LogP contribution < -0.4 is 0 Å². The van der Waals surface area contributed by atoms with E-state index in [1.54, 1.807) is 19.0 Å². The molecule has 0 bridgehead atoms. The van der Waals surface area contributed by atoms with Crippen molar-refractivity contribution >= 4 is 17.6 Å². The molecule has 0 saturated heterocycles. The standard InChI is InChI=1S/C22H21ClN4O/c1-26(2)22(28)27-13-12-19-18(14-27)20(15-6-4-3-5-7-15)25-21(24-19)16-8-10-17(23)11-9-16/h3-11H,12-14H2,1-2H3. The van der Waals surface area contributed by atoms with E-state index in [2.05, 4.69) is 0 Å². The first kappa shape index (κ1) is 18.4. The molecule has 0 atom stereocenters. The van der Waals surface area contributed by atoms with Gasteiger partial charge >= 0.3 is 6.03 Å². The number of hydrogen-bond donors (Lipinski definition) is 0. The maximum atomic E-state index is 12.5. The van der Waals surface area contributed by atoms with Gasteiger partial charge in [0.1, 0.15) is 0 Å². The molecule has 0 radical (unpaired) electrons. The molecule has 0 fully saturated rings. The molecule has 0 saturated carbocycles. The number of fused-ring (bicyclic) bond motifs is 1. The van der Waals surface area contributed by atoms with Crippen molar-refractivity contribution in [3.63, 3.8) is 0 Å². The van der Waals surface area contributed by atoms with Crippen LogP contribution in [0.3, 0.4) is 0 Å². The fourth-order valence-electron chi connectivity index (χ4n) is 3.42. The van der Waals surface area contributed by atoms with Crippen molar-refractivity contribution < 1.29 is 4.79 Å². The van der Waals surface area contributed by atoms with Crippen LogP contribution in [0.1, 0.15) is 11.3 Å². The van der Waals surface area contributed by atoms with Crippen LogP contribution in [0, 0.1) is 0 Å². The number of carbonyl (C=O) groups excluding carboxylic acids is 1. The Labute approximate surface area is 169 Å². The highest BCUT2D eigenvalue weighted by atomic mass is 35.5.